The highest BCUT2D eigenvalue weighted by Gasteiger charge is 2.24. The van der Waals surface area contributed by atoms with Crippen molar-refractivity contribution < 1.29 is 4.79 Å². The number of aryl methyl sites for hydroxylation is 1. The molecule has 22 heavy (non-hydrogen) atoms. The van der Waals surface area contributed by atoms with Gasteiger partial charge in [-0.1, -0.05) is 13.8 Å². The lowest BCUT2D eigenvalue weighted by molar-refractivity contribution is 0.0912. The van der Waals surface area contributed by atoms with Crippen LogP contribution < -0.4 is 5.32 Å². The minimum Gasteiger partial charge on any atom is -0.339 e. The lowest BCUT2D eigenvalue weighted by Crippen LogP contribution is -2.34. The monoisotopic (exact) mass is 299 g/mol. The van der Waals surface area contributed by atoms with Gasteiger partial charge in [0.05, 0.1) is 11.6 Å². The fraction of sp³-hybridized carbons (Fsp3) is 0.357. The first-order valence-corrected chi connectivity index (χ1v) is 7.01. The fourth-order valence-electron chi connectivity index (χ4n) is 2.28. The Balaban J connectivity index is 1.86. The van der Waals surface area contributed by atoms with Crippen LogP contribution in [0.2, 0.25) is 0 Å². The van der Waals surface area contributed by atoms with E-state index in [-0.39, 0.29) is 23.7 Å². The second kappa shape index (κ2) is 5.55. The maximum atomic E-state index is 12.4. The molecule has 3 aromatic rings. The fourth-order valence-corrected chi connectivity index (χ4v) is 2.28. The molecule has 1 atom stereocenters. The van der Waals surface area contributed by atoms with Gasteiger partial charge in [0.25, 0.3) is 5.91 Å². The van der Waals surface area contributed by atoms with E-state index in [9.17, 15) is 4.79 Å². The minimum absolute atomic E-state index is 0.161. The third-order valence-electron chi connectivity index (χ3n) is 3.45. The lowest BCUT2D eigenvalue weighted by atomic mass is 10.0. The molecule has 3 aromatic heterocycles. The number of imidazole rings is 1. The summed E-state index contributed by atoms with van der Waals surface area (Å²) >= 11 is 0. The third-order valence-corrected chi connectivity index (χ3v) is 3.45. The molecular weight excluding hydrogens is 282 g/mol. The molecule has 0 aliphatic carbocycles. The summed E-state index contributed by atoms with van der Waals surface area (Å²) in [5, 5.41) is 7.01. The van der Waals surface area contributed by atoms with E-state index in [4.69, 9.17) is 0 Å². The molecule has 0 radical (unpaired) electrons. The molecule has 0 fully saturated rings. The zero-order chi connectivity index (χ0) is 15.7. The molecule has 114 valence electrons. The van der Waals surface area contributed by atoms with E-state index in [0.29, 0.717) is 11.5 Å². The zero-order valence-electron chi connectivity index (χ0n) is 12.6. The van der Waals surface area contributed by atoms with E-state index in [0.717, 1.165) is 5.52 Å². The number of carbonyl (C=O) groups excluding carboxylic acids is 1. The van der Waals surface area contributed by atoms with Gasteiger partial charge in [0.2, 0.25) is 0 Å². The van der Waals surface area contributed by atoms with Gasteiger partial charge in [-0.2, -0.15) is 5.10 Å². The minimum atomic E-state index is -0.292. The van der Waals surface area contributed by atoms with E-state index in [2.05, 4.69) is 30.4 Å². The van der Waals surface area contributed by atoms with Gasteiger partial charge >= 0.3 is 0 Å². The first-order valence-electron chi connectivity index (χ1n) is 7.01. The van der Waals surface area contributed by atoms with Gasteiger partial charge in [0.15, 0.2) is 11.5 Å². The van der Waals surface area contributed by atoms with Gasteiger partial charge in [-0.15, -0.1) is 0 Å². The summed E-state index contributed by atoms with van der Waals surface area (Å²) in [6.07, 6.45) is 3.11. The van der Waals surface area contributed by atoms with Crippen molar-refractivity contribution in [2.75, 3.05) is 0 Å². The number of aromatic amines is 1. The second-order valence-corrected chi connectivity index (χ2v) is 5.40. The Morgan fingerprint density at radius 3 is 2.82 bits per heavy atom. The molecule has 3 heterocycles. The van der Waals surface area contributed by atoms with Crippen LogP contribution in [0.25, 0.3) is 11.2 Å². The number of pyridine rings is 1. The predicted octanol–water partition coefficient (Wildman–Crippen LogP) is 1.21. The number of H-pyrrole nitrogens is 1. The van der Waals surface area contributed by atoms with Gasteiger partial charge in [-0.3, -0.25) is 9.48 Å². The Hall–Kier alpha value is -2.77. The van der Waals surface area contributed by atoms with E-state index in [1.807, 2.05) is 19.9 Å². The predicted molar refractivity (Wildman–Crippen MR) is 79.9 cm³/mol. The number of nitrogens with zero attached hydrogens (tertiary/aromatic N) is 5. The van der Waals surface area contributed by atoms with Gasteiger partial charge in [0, 0.05) is 13.2 Å². The number of hydrogen-bond donors (Lipinski definition) is 2. The quantitative estimate of drug-likeness (QED) is 0.754. The summed E-state index contributed by atoms with van der Waals surface area (Å²) < 4.78 is 1.66. The smallest absolute Gasteiger partial charge is 0.287 e. The number of carbonyl (C=O) groups is 1. The molecule has 0 bridgehead atoms. The van der Waals surface area contributed by atoms with Crippen molar-refractivity contribution in [3.8, 4) is 0 Å². The summed E-state index contributed by atoms with van der Waals surface area (Å²) in [5.74, 6) is 0.813. The van der Waals surface area contributed by atoms with Crippen LogP contribution in [0, 0.1) is 5.92 Å². The maximum Gasteiger partial charge on any atom is 0.287 e. The molecule has 0 aliphatic heterocycles. The van der Waals surface area contributed by atoms with Crippen LogP contribution in [-0.4, -0.2) is 35.6 Å². The molecule has 0 saturated heterocycles. The van der Waals surface area contributed by atoms with Crippen LogP contribution >= 0.6 is 0 Å². The molecular formula is C14H17N7O. The first-order chi connectivity index (χ1) is 10.6. The Morgan fingerprint density at radius 1 is 1.36 bits per heavy atom. The SMILES string of the molecule is CC(C)[C@@H](NC(=O)c1nc2ncccc2[nH]1)c1ncnn1C. The average molecular weight is 299 g/mol. The first kappa shape index (κ1) is 14.2. The number of nitrogens with one attached hydrogen (secondary N) is 2. The number of rotatable bonds is 4. The molecule has 0 aromatic carbocycles. The molecule has 0 aliphatic rings. The van der Waals surface area contributed by atoms with E-state index >= 15 is 0 Å². The molecule has 1 amide bonds. The van der Waals surface area contributed by atoms with E-state index in [1.54, 1.807) is 24.0 Å². The molecule has 0 spiro atoms. The summed E-state index contributed by atoms with van der Waals surface area (Å²) in [5.41, 5.74) is 1.25. The number of aromatic nitrogens is 6. The molecule has 2 N–H and O–H groups in total. The zero-order valence-corrected chi connectivity index (χ0v) is 12.6. The van der Waals surface area contributed by atoms with Crippen LogP contribution in [0.15, 0.2) is 24.7 Å². The summed E-state index contributed by atoms with van der Waals surface area (Å²) in [4.78, 5) is 28.0. The van der Waals surface area contributed by atoms with Crippen molar-refractivity contribution in [3.63, 3.8) is 0 Å². The summed E-state index contributed by atoms with van der Waals surface area (Å²) in [6.45, 7) is 4.03. The van der Waals surface area contributed by atoms with Crippen LogP contribution in [0.3, 0.4) is 0 Å². The Bertz CT molecular complexity index is 771. The standard InChI is InChI=1S/C14H17N7O/c1-8(2)10(13-16-7-17-21(13)3)19-14(22)12-18-9-5-4-6-15-11(9)20-12/h4-8,10H,1-3H3,(H,19,22)(H,15,18,20)/t10-/m1/s1. The normalized spacial score (nSPS) is 12.7. The van der Waals surface area contributed by atoms with Crippen LogP contribution in [0.1, 0.15) is 36.3 Å². The van der Waals surface area contributed by atoms with E-state index < -0.39 is 0 Å². The van der Waals surface area contributed by atoms with Crippen molar-refractivity contribution in [2.24, 2.45) is 13.0 Å². The van der Waals surface area contributed by atoms with Crippen LogP contribution in [-0.2, 0) is 7.05 Å². The van der Waals surface area contributed by atoms with Crippen molar-refractivity contribution in [1.82, 2.24) is 35.0 Å². The van der Waals surface area contributed by atoms with Gasteiger partial charge in [0.1, 0.15) is 12.2 Å². The Morgan fingerprint density at radius 2 is 2.18 bits per heavy atom. The van der Waals surface area contributed by atoms with Crippen molar-refractivity contribution in [1.29, 1.82) is 0 Å². The number of hydrogen-bond acceptors (Lipinski definition) is 5. The highest BCUT2D eigenvalue weighted by atomic mass is 16.2. The van der Waals surface area contributed by atoms with Crippen molar-refractivity contribution in [2.45, 2.75) is 19.9 Å². The van der Waals surface area contributed by atoms with Gasteiger partial charge in [-0.25, -0.2) is 15.0 Å². The number of amides is 1. The van der Waals surface area contributed by atoms with Gasteiger partial charge in [-0.05, 0) is 18.1 Å². The van der Waals surface area contributed by atoms with Gasteiger partial charge < -0.3 is 10.3 Å². The molecule has 0 unspecified atom stereocenters. The second-order valence-electron chi connectivity index (χ2n) is 5.40. The summed E-state index contributed by atoms with van der Waals surface area (Å²) in [7, 11) is 1.80. The Kier molecular flexibility index (Phi) is 3.58. The van der Waals surface area contributed by atoms with Crippen molar-refractivity contribution in [3.05, 3.63) is 36.3 Å². The van der Waals surface area contributed by atoms with Crippen LogP contribution in [0.4, 0.5) is 0 Å². The largest absolute Gasteiger partial charge is 0.339 e. The third kappa shape index (κ3) is 2.54. The number of fused-ring (bicyclic) bond motifs is 1. The van der Waals surface area contributed by atoms with E-state index in [1.165, 1.54) is 6.33 Å². The lowest BCUT2D eigenvalue weighted by Gasteiger charge is -2.20. The molecule has 0 saturated carbocycles. The maximum absolute atomic E-state index is 12.4. The van der Waals surface area contributed by atoms with Crippen LogP contribution in [0.5, 0.6) is 0 Å². The summed E-state index contributed by atoms with van der Waals surface area (Å²) in [6, 6.07) is 3.37. The van der Waals surface area contributed by atoms with Crippen molar-refractivity contribution >= 4 is 17.1 Å². The molecule has 8 nitrogen and oxygen atoms in total. The molecule has 3 rings (SSSR count). The molecule has 8 heteroatoms. The highest BCUT2D eigenvalue weighted by Crippen LogP contribution is 2.19. The Labute approximate surface area is 127 Å². The topological polar surface area (TPSA) is 101 Å². The average Bonchev–Trinajstić information content (AvgIpc) is 3.10. The highest BCUT2D eigenvalue weighted by molar-refractivity contribution is 5.93.